The summed E-state index contributed by atoms with van der Waals surface area (Å²) in [7, 11) is 2.31. The molecule has 0 N–H and O–H groups in total. The van der Waals surface area contributed by atoms with E-state index in [1.54, 1.807) is 7.11 Å². The van der Waals surface area contributed by atoms with Crippen molar-refractivity contribution in [3.8, 4) is 0 Å². The van der Waals surface area contributed by atoms with Crippen LogP contribution < -0.4 is 0 Å². The molecular weight excluding hydrogens is 164 g/mol. The molecule has 62 valence electrons. The zero-order valence-corrected chi connectivity index (χ0v) is 8.16. The average Bonchev–Trinajstić information content (AvgIpc) is 2.14. The molecule has 1 nitrogen and oxygen atoms in total. The van der Waals surface area contributed by atoms with Crippen molar-refractivity contribution in [1.29, 1.82) is 0 Å². The van der Waals surface area contributed by atoms with Crippen molar-refractivity contribution >= 4 is 15.8 Å². The van der Waals surface area contributed by atoms with Gasteiger partial charge in [-0.1, -0.05) is 42.5 Å². The third-order valence-electron chi connectivity index (χ3n) is 1.46. The second-order valence-electron chi connectivity index (χ2n) is 2.37. The predicted octanol–water partition coefficient (Wildman–Crippen LogP) is 2.38. The number of allylic oxidation sites excluding steroid dienone is 1. The van der Waals surface area contributed by atoms with Gasteiger partial charge in [-0.25, -0.2) is 0 Å². The van der Waals surface area contributed by atoms with Gasteiger partial charge >= 0.3 is 0 Å². The van der Waals surface area contributed by atoms with Crippen molar-refractivity contribution < 1.29 is 4.43 Å². The van der Waals surface area contributed by atoms with Gasteiger partial charge in [0.05, 0.1) is 0 Å². The highest BCUT2D eigenvalue weighted by Gasteiger charge is 1.83. The SMILES string of the molecule is CO[Si]CC=Cc1ccccc1. The lowest BCUT2D eigenvalue weighted by Crippen LogP contribution is -1.88. The maximum atomic E-state index is 4.96. The van der Waals surface area contributed by atoms with Crippen molar-refractivity contribution in [3.05, 3.63) is 42.0 Å². The van der Waals surface area contributed by atoms with Crippen molar-refractivity contribution in [3.63, 3.8) is 0 Å². The van der Waals surface area contributed by atoms with E-state index in [0.29, 0.717) is 9.76 Å². The molecule has 0 aliphatic carbocycles. The van der Waals surface area contributed by atoms with Crippen LogP contribution in [-0.2, 0) is 4.43 Å². The molecule has 0 unspecified atom stereocenters. The van der Waals surface area contributed by atoms with Gasteiger partial charge in [0.25, 0.3) is 0 Å². The highest BCUT2D eigenvalue weighted by atomic mass is 28.2. The molecule has 0 atom stereocenters. The molecule has 1 rings (SSSR count). The van der Waals surface area contributed by atoms with Crippen LogP contribution in [0.25, 0.3) is 6.08 Å². The van der Waals surface area contributed by atoms with Crippen molar-refractivity contribution in [2.45, 2.75) is 6.04 Å². The molecule has 0 saturated heterocycles. The third kappa shape index (κ3) is 3.51. The largest absolute Gasteiger partial charge is 0.420 e. The lowest BCUT2D eigenvalue weighted by Gasteiger charge is -1.90. The molecule has 1 aromatic rings. The maximum Gasteiger partial charge on any atom is 0.233 e. The van der Waals surface area contributed by atoms with Gasteiger partial charge < -0.3 is 4.43 Å². The molecule has 2 heteroatoms. The van der Waals surface area contributed by atoms with Gasteiger partial charge in [-0.2, -0.15) is 0 Å². The summed E-state index contributed by atoms with van der Waals surface area (Å²) in [5.41, 5.74) is 1.25. The van der Waals surface area contributed by atoms with E-state index < -0.39 is 0 Å². The van der Waals surface area contributed by atoms with Crippen molar-refractivity contribution in [1.82, 2.24) is 0 Å². The van der Waals surface area contributed by atoms with E-state index in [1.165, 1.54) is 5.56 Å². The Balaban J connectivity index is 2.36. The summed E-state index contributed by atoms with van der Waals surface area (Å²) in [4.78, 5) is 0. The van der Waals surface area contributed by atoms with Crippen LogP contribution in [0.15, 0.2) is 36.4 Å². The van der Waals surface area contributed by atoms with Crippen LogP contribution in [0.4, 0.5) is 0 Å². The normalized spacial score (nSPS) is 10.8. The van der Waals surface area contributed by atoms with E-state index in [9.17, 15) is 0 Å². The molecule has 0 bridgehead atoms. The fraction of sp³-hybridized carbons (Fsp3) is 0.200. The van der Waals surface area contributed by atoms with Gasteiger partial charge in [0, 0.05) is 7.11 Å². The fourth-order valence-corrected chi connectivity index (χ4v) is 1.27. The first kappa shape index (κ1) is 9.23. The predicted molar refractivity (Wildman–Crippen MR) is 53.0 cm³/mol. The number of benzene rings is 1. The third-order valence-corrected chi connectivity index (χ3v) is 2.15. The maximum absolute atomic E-state index is 4.96. The lowest BCUT2D eigenvalue weighted by atomic mass is 10.2. The monoisotopic (exact) mass is 176 g/mol. The van der Waals surface area contributed by atoms with Crippen molar-refractivity contribution in [2.75, 3.05) is 7.11 Å². The molecule has 0 heterocycles. The smallest absolute Gasteiger partial charge is 0.233 e. The summed E-state index contributed by atoms with van der Waals surface area (Å²) >= 11 is 0. The van der Waals surface area contributed by atoms with Gasteiger partial charge in [0.2, 0.25) is 9.76 Å². The van der Waals surface area contributed by atoms with E-state index in [-0.39, 0.29) is 0 Å². The molecule has 0 spiro atoms. The Hall–Kier alpha value is -0.863. The van der Waals surface area contributed by atoms with E-state index in [2.05, 4.69) is 24.3 Å². The highest BCUT2D eigenvalue weighted by molar-refractivity contribution is 6.27. The number of hydrogen-bond acceptors (Lipinski definition) is 1. The summed E-state index contributed by atoms with van der Waals surface area (Å²) in [6.07, 6.45) is 4.25. The molecule has 0 aliphatic rings. The van der Waals surface area contributed by atoms with Crippen LogP contribution in [-0.4, -0.2) is 16.9 Å². The molecule has 0 amide bonds. The molecule has 2 radical (unpaired) electrons. The minimum Gasteiger partial charge on any atom is -0.420 e. The molecule has 12 heavy (non-hydrogen) atoms. The Morgan fingerprint density at radius 2 is 2.08 bits per heavy atom. The van der Waals surface area contributed by atoms with E-state index >= 15 is 0 Å². The molecular formula is C10H12OSi. The minimum atomic E-state index is 0.580. The Kier molecular flexibility index (Phi) is 4.42. The van der Waals surface area contributed by atoms with Gasteiger partial charge in [-0.3, -0.25) is 0 Å². The van der Waals surface area contributed by atoms with E-state index in [4.69, 9.17) is 4.43 Å². The first-order chi connectivity index (χ1) is 5.93. The second-order valence-corrected chi connectivity index (χ2v) is 3.47. The first-order valence-corrected chi connectivity index (χ1v) is 5.02. The van der Waals surface area contributed by atoms with Crippen LogP contribution in [0.5, 0.6) is 0 Å². The summed E-state index contributed by atoms with van der Waals surface area (Å²) in [5.74, 6) is 0. The van der Waals surface area contributed by atoms with Crippen molar-refractivity contribution in [2.24, 2.45) is 0 Å². The number of hydrogen-bond donors (Lipinski definition) is 0. The topological polar surface area (TPSA) is 9.23 Å². The molecule has 0 aliphatic heterocycles. The summed E-state index contributed by atoms with van der Waals surface area (Å²) in [6, 6.07) is 11.3. The summed E-state index contributed by atoms with van der Waals surface area (Å²) < 4.78 is 4.96. The summed E-state index contributed by atoms with van der Waals surface area (Å²) in [5, 5.41) is 0. The molecule has 0 fully saturated rings. The fourth-order valence-electron chi connectivity index (χ4n) is 0.891. The van der Waals surface area contributed by atoms with Gasteiger partial charge in [0.15, 0.2) is 0 Å². The molecule has 0 aromatic heterocycles. The van der Waals surface area contributed by atoms with Gasteiger partial charge in [-0.15, -0.1) is 0 Å². The van der Waals surface area contributed by atoms with Crippen LogP contribution >= 0.6 is 0 Å². The van der Waals surface area contributed by atoms with Gasteiger partial charge in [0.1, 0.15) is 0 Å². The van der Waals surface area contributed by atoms with E-state index in [1.807, 2.05) is 18.2 Å². The average molecular weight is 176 g/mol. The zero-order chi connectivity index (χ0) is 8.65. The summed E-state index contributed by atoms with van der Waals surface area (Å²) in [6.45, 7) is 0. The van der Waals surface area contributed by atoms with Crippen LogP contribution in [0.3, 0.4) is 0 Å². The quantitative estimate of drug-likeness (QED) is 0.505. The second kappa shape index (κ2) is 5.74. The number of rotatable bonds is 4. The zero-order valence-electron chi connectivity index (χ0n) is 7.16. The Bertz CT molecular complexity index is 231. The Morgan fingerprint density at radius 1 is 1.33 bits per heavy atom. The van der Waals surface area contributed by atoms with E-state index in [0.717, 1.165) is 6.04 Å². The minimum absolute atomic E-state index is 0.580. The van der Waals surface area contributed by atoms with Crippen LogP contribution in [0.1, 0.15) is 5.56 Å². The Labute approximate surface area is 76.0 Å². The molecule has 0 saturated carbocycles. The first-order valence-electron chi connectivity index (χ1n) is 3.91. The standard InChI is InChI=1S/C10H12OSi/c1-11-12-9-5-8-10-6-3-2-4-7-10/h2-8H,9H2,1H3. The Morgan fingerprint density at radius 3 is 2.75 bits per heavy atom. The highest BCUT2D eigenvalue weighted by Crippen LogP contribution is 2.01. The molecule has 1 aromatic carbocycles. The van der Waals surface area contributed by atoms with Crippen LogP contribution in [0.2, 0.25) is 6.04 Å². The lowest BCUT2D eigenvalue weighted by molar-refractivity contribution is 0.443. The van der Waals surface area contributed by atoms with Crippen LogP contribution in [0, 0.1) is 0 Å². The van der Waals surface area contributed by atoms with Gasteiger partial charge in [-0.05, 0) is 11.6 Å².